The molecule has 3 aromatic carbocycles. The molecule has 3 amide bonds. The van der Waals surface area contributed by atoms with Crippen molar-refractivity contribution in [3.05, 3.63) is 82.9 Å². The van der Waals surface area contributed by atoms with Gasteiger partial charge >= 0.3 is 12.2 Å². The molecule has 0 saturated carbocycles. The number of amides is 3. The van der Waals surface area contributed by atoms with E-state index in [2.05, 4.69) is 5.32 Å². The van der Waals surface area contributed by atoms with Crippen molar-refractivity contribution in [1.82, 2.24) is 10.2 Å². The van der Waals surface area contributed by atoms with Crippen LogP contribution in [0.5, 0.6) is 17.2 Å². The SMILES string of the molecule is COc1ccc2c(c1)N(Cc1cccc(Cl)c1)C(=O)C(CCOc1ccc(CCN(C(=N)NC(=O)OC(C)(C)C)C(=O)OC(C)(C)C)cc1)O2. The van der Waals surface area contributed by atoms with Gasteiger partial charge in [-0.15, -0.1) is 0 Å². The molecule has 2 N–H and O–H groups in total. The van der Waals surface area contributed by atoms with E-state index in [4.69, 9.17) is 40.7 Å². The van der Waals surface area contributed by atoms with Gasteiger partial charge in [0.05, 0.1) is 25.9 Å². The molecule has 0 aromatic heterocycles. The number of anilines is 1. The monoisotopic (exact) mass is 708 g/mol. The number of guanidine groups is 1. The van der Waals surface area contributed by atoms with Crippen LogP contribution < -0.4 is 24.4 Å². The predicted molar refractivity (Wildman–Crippen MR) is 190 cm³/mol. The first kappa shape index (κ1) is 37.8. The van der Waals surface area contributed by atoms with Gasteiger partial charge in [-0.05, 0) is 95.5 Å². The summed E-state index contributed by atoms with van der Waals surface area (Å²) in [6, 6.07) is 20.0. The molecule has 1 atom stereocenters. The van der Waals surface area contributed by atoms with Crippen molar-refractivity contribution in [3.8, 4) is 17.2 Å². The molecular formula is C37H45ClN4O8. The minimum atomic E-state index is -0.851. The summed E-state index contributed by atoms with van der Waals surface area (Å²) in [7, 11) is 1.57. The molecule has 3 aromatic rings. The zero-order chi connectivity index (χ0) is 36.6. The summed E-state index contributed by atoms with van der Waals surface area (Å²) in [6.45, 7) is 10.8. The molecule has 13 heteroatoms. The summed E-state index contributed by atoms with van der Waals surface area (Å²) in [4.78, 5) is 41.6. The molecule has 0 fully saturated rings. The number of nitrogens with zero attached hydrogens (tertiary/aromatic N) is 2. The molecule has 1 heterocycles. The van der Waals surface area contributed by atoms with E-state index in [9.17, 15) is 14.4 Å². The normalized spacial score (nSPS) is 14.2. The van der Waals surface area contributed by atoms with Crippen molar-refractivity contribution in [1.29, 1.82) is 5.41 Å². The number of fused-ring (bicyclic) bond motifs is 1. The van der Waals surface area contributed by atoms with Crippen molar-refractivity contribution < 1.29 is 38.1 Å². The Balaban J connectivity index is 1.36. The van der Waals surface area contributed by atoms with Crippen LogP contribution in [0.2, 0.25) is 5.02 Å². The molecule has 1 aliphatic rings. The topological polar surface area (TPSA) is 140 Å². The second-order valence-corrected chi connectivity index (χ2v) is 14.1. The number of alkyl carbamates (subject to hydrolysis) is 1. The number of halogens is 1. The van der Waals surface area contributed by atoms with Crippen LogP contribution in [-0.4, -0.2) is 66.5 Å². The number of nitrogens with one attached hydrogen (secondary N) is 2. The number of ether oxygens (including phenoxy) is 5. The second-order valence-electron chi connectivity index (χ2n) is 13.6. The van der Waals surface area contributed by atoms with Gasteiger partial charge in [0.25, 0.3) is 5.91 Å². The fraction of sp³-hybridized carbons (Fsp3) is 0.405. The Morgan fingerprint density at radius 2 is 1.62 bits per heavy atom. The van der Waals surface area contributed by atoms with Gasteiger partial charge in [-0.2, -0.15) is 0 Å². The summed E-state index contributed by atoms with van der Waals surface area (Å²) in [5.74, 6) is 1.10. The number of carbonyl (C=O) groups is 3. The quantitative estimate of drug-likeness (QED) is 0.165. The first-order chi connectivity index (χ1) is 23.5. The van der Waals surface area contributed by atoms with Crippen molar-refractivity contribution in [3.63, 3.8) is 0 Å². The van der Waals surface area contributed by atoms with E-state index in [1.807, 2.05) is 30.3 Å². The van der Waals surface area contributed by atoms with Gasteiger partial charge in [-0.25, -0.2) is 14.5 Å². The average Bonchev–Trinajstić information content (AvgIpc) is 3.01. The molecule has 0 saturated heterocycles. The predicted octanol–water partition coefficient (Wildman–Crippen LogP) is 7.35. The van der Waals surface area contributed by atoms with Gasteiger partial charge in [0.2, 0.25) is 5.96 Å². The summed E-state index contributed by atoms with van der Waals surface area (Å²) < 4.78 is 28.2. The highest BCUT2D eigenvalue weighted by Gasteiger charge is 2.35. The maximum Gasteiger partial charge on any atom is 0.417 e. The van der Waals surface area contributed by atoms with Crippen LogP contribution in [0.1, 0.15) is 59.1 Å². The van der Waals surface area contributed by atoms with Crippen LogP contribution in [0.4, 0.5) is 15.3 Å². The first-order valence-corrected chi connectivity index (χ1v) is 16.6. The average molecular weight is 709 g/mol. The van der Waals surface area contributed by atoms with E-state index < -0.39 is 35.5 Å². The van der Waals surface area contributed by atoms with E-state index >= 15 is 0 Å². The lowest BCUT2D eigenvalue weighted by Crippen LogP contribution is -2.50. The van der Waals surface area contributed by atoms with E-state index in [0.717, 1.165) is 16.0 Å². The fourth-order valence-corrected chi connectivity index (χ4v) is 5.16. The third kappa shape index (κ3) is 11.0. The summed E-state index contributed by atoms with van der Waals surface area (Å²) in [5.41, 5.74) is 0.761. The van der Waals surface area contributed by atoms with E-state index in [-0.39, 0.29) is 19.1 Å². The number of carbonyl (C=O) groups excluding carboxylic acids is 3. The maximum absolute atomic E-state index is 13.7. The molecule has 1 unspecified atom stereocenters. The van der Waals surface area contributed by atoms with Gasteiger partial charge in [0, 0.05) is 24.1 Å². The van der Waals surface area contributed by atoms with Crippen LogP contribution in [0.3, 0.4) is 0 Å². The molecule has 0 aliphatic carbocycles. The summed E-state index contributed by atoms with van der Waals surface area (Å²) in [6.07, 6.45) is -1.73. The lowest BCUT2D eigenvalue weighted by Gasteiger charge is -2.34. The first-order valence-electron chi connectivity index (χ1n) is 16.2. The van der Waals surface area contributed by atoms with Crippen LogP contribution in [-0.2, 0) is 27.2 Å². The molecule has 1 aliphatic heterocycles. The molecule has 0 radical (unpaired) electrons. The number of hydrogen-bond acceptors (Lipinski definition) is 9. The Hall–Kier alpha value is -4.97. The lowest BCUT2D eigenvalue weighted by molar-refractivity contribution is -0.127. The molecule has 50 heavy (non-hydrogen) atoms. The molecule has 0 spiro atoms. The highest BCUT2D eigenvalue weighted by atomic mass is 35.5. The highest BCUT2D eigenvalue weighted by Crippen LogP contribution is 2.38. The van der Waals surface area contributed by atoms with E-state index in [0.29, 0.717) is 47.3 Å². The van der Waals surface area contributed by atoms with Crippen LogP contribution >= 0.6 is 11.6 Å². The Morgan fingerprint density at radius 1 is 0.940 bits per heavy atom. The maximum atomic E-state index is 13.7. The summed E-state index contributed by atoms with van der Waals surface area (Å²) in [5, 5.41) is 11.3. The van der Waals surface area contributed by atoms with Crippen LogP contribution in [0.15, 0.2) is 66.7 Å². The van der Waals surface area contributed by atoms with Gasteiger partial charge < -0.3 is 28.6 Å². The Kier molecular flexibility index (Phi) is 12.2. The highest BCUT2D eigenvalue weighted by molar-refractivity contribution is 6.30. The Labute approximate surface area is 298 Å². The minimum absolute atomic E-state index is 0.0594. The third-order valence-electron chi connectivity index (χ3n) is 7.20. The number of methoxy groups -OCH3 is 1. The second kappa shape index (κ2) is 16.2. The van der Waals surface area contributed by atoms with Crippen molar-refractivity contribution >= 4 is 41.3 Å². The van der Waals surface area contributed by atoms with Gasteiger partial charge in [0.15, 0.2) is 6.10 Å². The van der Waals surface area contributed by atoms with Gasteiger partial charge in [-0.1, -0.05) is 35.9 Å². The summed E-state index contributed by atoms with van der Waals surface area (Å²) >= 11 is 6.21. The van der Waals surface area contributed by atoms with E-state index in [1.54, 1.807) is 90.0 Å². The zero-order valence-electron chi connectivity index (χ0n) is 29.5. The van der Waals surface area contributed by atoms with Crippen molar-refractivity contribution in [2.24, 2.45) is 0 Å². The van der Waals surface area contributed by atoms with Crippen molar-refractivity contribution in [2.45, 2.75) is 78.2 Å². The fourth-order valence-electron chi connectivity index (χ4n) is 4.95. The molecule has 4 rings (SSSR count). The number of benzene rings is 3. The number of rotatable bonds is 10. The van der Waals surface area contributed by atoms with Gasteiger partial charge in [-0.3, -0.25) is 15.5 Å². The Morgan fingerprint density at radius 3 is 2.26 bits per heavy atom. The van der Waals surface area contributed by atoms with E-state index in [1.165, 1.54) is 0 Å². The largest absolute Gasteiger partial charge is 0.497 e. The van der Waals surface area contributed by atoms with Crippen molar-refractivity contribution in [2.75, 3.05) is 25.2 Å². The standard InChI is InChI=1S/C37H45ClN4O8/c1-36(2,3)49-34(44)40-33(39)41(35(45)50-37(4,5)6)19-17-24-11-13-27(14-12-24)47-20-18-31-32(43)42(23-25-9-8-10-26(38)21-25)29-22-28(46-7)15-16-30(29)48-31/h8-16,21-22,31H,17-20,23H2,1-7H3,(H2,39,40,44). The third-order valence-corrected chi connectivity index (χ3v) is 7.43. The molecule has 0 bridgehead atoms. The minimum Gasteiger partial charge on any atom is -0.497 e. The molecular weight excluding hydrogens is 664 g/mol. The smallest absolute Gasteiger partial charge is 0.417 e. The van der Waals surface area contributed by atoms with Gasteiger partial charge in [0.1, 0.15) is 28.5 Å². The van der Waals surface area contributed by atoms with Crippen LogP contribution in [0, 0.1) is 5.41 Å². The Bertz CT molecular complexity index is 1680. The molecule has 12 nitrogen and oxygen atoms in total. The lowest BCUT2D eigenvalue weighted by atomic mass is 10.1. The molecule has 268 valence electrons. The zero-order valence-corrected chi connectivity index (χ0v) is 30.3. The number of hydrogen-bond donors (Lipinski definition) is 2. The van der Waals surface area contributed by atoms with Crippen LogP contribution in [0.25, 0.3) is 0 Å².